The molecule has 0 amide bonds. The van der Waals surface area contributed by atoms with Gasteiger partial charge in [0.1, 0.15) is 0 Å². The van der Waals surface area contributed by atoms with Gasteiger partial charge in [0, 0.05) is 20.4 Å². The summed E-state index contributed by atoms with van der Waals surface area (Å²) in [5, 5.41) is 3.74. The first kappa shape index (κ1) is 11.5. The van der Waals surface area contributed by atoms with Gasteiger partial charge in [0.15, 0.2) is 0 Å². The van der Waals surface area contributed by atoms with E-state index in [0.29, 0.717) is 11.3 Å². The van der Waals surface area contributed by atoms with Gasteiger partial charge in [0.05, 0.1) is 0 Å². The van der Waals surface area contributed by atoms with Crippen molar-refractivity contribution >= 4 is 5.69 Å². The molecule has 4 heteroatoms. The fourth-order valence-corrected chi connectivity index (χ4v) is 1.15. The fourth-order valence-electron chi connectivity index (χ4n) is 1.15. The molecule has 0 unspecified atom stereocenters. The molecule has 1 radical (unpaired) electrons. The second-order valence-electron chi connectivity index (χ2n) is 2.80. The summed E-state index contributed by atoms with van der Waals surface area (Å²) in [6.07, 6.45) is 0. The molecule has 0 N–H and O–H groups in total. The first-order chi connectivity index (χ1) is 5.09. The van der Waals surface area contributed by atoms with Crippen LogP contribution in [0.3, 0.4) is 0 Å². The van der Waals surface area contributed by atoms with Crippen molar-refractivity contribution in [2.24, 2.45) is 0 Å². The Balaban J connectivity index is 0.00000121. The molecule has 0 atom stereocenters. The zero-order valence-electron chi connectivity index (χ0n) is 7.22. The van der Waals surface area contributed by atoms with Crippen molar-refractivity contribution in [1.29, 1.82) is 0 Å². The van der Waals surface area contributed by atoms with Crippen molar-refractivity contribution in [3.05, 3.63) is 31.3 Å². The van der Waals surface area contributed by atoms with Crippen LogP contribution in [0.5, 0.6) is 0 Å². The van der Waals surface area contributed by atoms with E-state index in [1.165, 1.54) is 7.05 Å². The first-order valence-corrected chi connectivity index (χ1v) is 3.52. The molecule has 0 aliphatic carbocycles. The second kappa shape index (κ2) is 3.97. The summed E-state index contributed by atoms with van der Waals surface area (Å²) >= 11 is 0. The maximum Gasteiger partial charge on any atom is 0.226 e. The summed E-state index contributed by atoms with van der Waals surface area (Å²) in [6, 6.07) is 0. The summed E-state index contributed by atoms with van der Waals surface area (Å²) in [7, 11) is 1.53. The van der Waals surface area contributed by atoms with Crippen LogP contribution >= 0.6 is 0 Å². The Morgan fingerprint density at radius 2 is 1.67 bits per heavy atom. The van der Waals surface area contributed by atoms with Gasteiger partial charge in [-0.2, -0.15) is 0 Å². The van der Waals surface area contributed by atoms with Crippen LogP contribution in [0.1, 0.15) is 25.3 Å². The molecule has 0 aliphatic rings. The molecule has 12 heavy (non-hydrogen) atoms. The van der Waals surface area contributed by atoms with Crippen molar-refractivity contribution in [3.63, 3.8) is 0 Å². The Hall–Kier alpha value is -0.458. The van der Waals surface area contributed by atoms with Crippen LogP contribution < -0.4 is 10.9 Å². The minimum absolute atomic E-state index is 0. The van der Waals surface area contributed by atoms with Crippen molar-refractivity contribution in [2.75, 3.05) is 7.05 Å². The van der Waals surface area contributed by atoms with Gasteiger partial charge in [-0.3, -0.25) is 9.59 Å². The normalized spacial score (nSPS) is 10.0. The van der Waals surface area contributed by atoms with Crippen LogP contribution in [-0.4, -0.2) is 7.05 Å². The van der Waals surface area contributed by atoms with E-state index >= 15 is 0 Å². The van der Waals surface area contributed by atoms with Gasteiger partial charge in [-0.1, -0.05) is 19.5 Å². The quantitative estimate of drug-likeness (QED) is 0.757. The minimum atomic E-state index is -0.434. The van der Waals surface area contributed by atoms with Crippen LogP contribution in [-0.2, 0) is 20.4 Å². The summed E-state index contributed by atoms with van der Waals surface area (Å²) in [4.78, 5) is 21.7. The number of hydrogen-bond acceptors (Lipinski definition) is 2. The average Bonchev–Trinajstić information content (AvgIpc) is 1.96. The number of rotatable bonds is 2. The molecule has 1 aromatic rings. The third-order valence-electron chi connectivity index (χ3n) is 1.72. The molecule has 0 heterocycles. The zero-order chi connectivity index (χ0) is 8.59. The molecule has 0 saturated carbocycles. The molecule has 0 spiro atoms. The van der Waals surface area contributed by atoms with Gasteiger partial charge in [-0.05, 0) is 11.5 Å². The number of nitrogens with zero attached hydrogens (tertiary/aromatic N) is 1. The monoisotopic (exact) mass is 339 g/mol. The minimum Gasteiger partial charge on any atom is -0.683 e. The summed E-state index contributed by atoms with van der Waals surface area (Å²) < 4.78 is 0. The zero-order valence-corrected chi connectivity index (χ0v) is 9.93. The molecule has 1 rings (SSSR count). The molecule has 3 nitrogen and oxygen atoms in total. The van der Waals surface area contributed by atoms with Crippen molar-refractivity contribution in [2.45, 2.75) is 19.8 Å². The molecular formula is C8H10NO2Re-. The van der Waals surface area contributed by atoms with E-state index < -0.39 is 5.43 Å². The first-order valence-electron chi connectivity index (χ1n) is 3.52. The molecule has 0 fully saturated rings. The van der Waals surface area contributed by atoms with E-state index in [1.807, 2.05) is 13.8 Å². The van der Waals surface area contributed by atoms with Crippen LogP contribution in [0, 0.1) is 0 Å². The Labute approximate surface area is 84.5 Å². The third kappa shape index (κ3) is 1.50. The average molecular weight is 338 g/mol. The standard InChI is InChI=1S/C8H11NO2.Re/c1-4(2)5-6(9-3)8(11)7(5)10;/h4H,1-3H3,(H,9,10);/p-1. The number of hydrogen-bond donors (Lipinski definition) is 0. The molecular weight excluding hydrogens is 328 g/mol. The predicted molar refractivity (Wildman–Crippen MR) is 44.4 cm³/mol. The van der Waals surface area contributed by atoms with Gasteiger partial charge in [-0.15, -0.1) is 7.05 Å². The van der Waals surface area contributed by atoms with E-state index in [9.17, 15) is 9.59 Å². The van der Waals surface area contributed by atoms with E-state index in [-0.39, 0.29) is 31.8 Å². The van der Waals surface area contributed by atoms with E-state index in [4.69, 9.17) is 0 Å². The van der Waals surface area contributed by atoms with Gasteiger partial charge in [0.25, 0.3) is 0 Å². The van der Waals surface area contributed by atoms with E-state index in [1.54, 1.807) is 0 Å². The molecule has 67 valence electrons. The SMILES string of the molecule is C[N-]c1c(C(C)C)c(=O)c1=O.[Re]. The molecule has 0 bridgehead atoms. The Bertz CT molecular complexity index is 337. The van der Waals surface area contributed by atoms with Crippen molar-refractivity contribution in [1.82, 2.24) is 0 Å². The summed E-state index contributed by atoms with van der Waals surface area (Å²) in [6.45, 7) is 3.76. The fraction of sp³-hybridized carbons (Fsp3) is 0.500. The second-order valence-corrected chi connectivity index (χ2v) is 2.80. The largest absolute Gasteiger partial charge is 0.683 e. The van der Waals surface area contributed by atoms with Crippen molar-refractivity contribution < 1.29 is 20.4 Å². The maximum atomic E-state index is 10.9. The Morgan fingerprint density at radius 3 is 1.92 bits per heavy atom. The van der Waals surface area contributed by atoms with Gasteiger partial charge >= 0.3 is 0 Å². The van der Waals surface area contributed by atoms with Crippen molar-refractivity contribution in [3.8, 4) is 0 Å². The Kier molecular flexibility index (Phi) is 3.82. The van der Waals surface area contributed by atoms with E-state index in [0.717, 1.165) is 0 Å². The van der Waals surface area contributed by atoms with Crippen LogP contribution in [0.2, 0.25) is 0 Å². The molecule has 0 aliphatic heterocycles. The van der Waals surface area contributed by atoms with Crippen LogP contribution in [0.15, 0.2) is 9.59 Å². The molecule has 0 aromatic heterocycles. The topological polar surface area (TPSA) is 48.2 Å². The maximum absolute atomic E-state index is 10.9. The van der Waals surface area contributed by atoms with Gasteiger partial charge in [0.2, 0.25) is 10.9 Å². The van der Waals surface area contributed by atoms with Crippen LogP contribution in [0.4, 0.5) is 5.69 Å². The van der Waals surface area contributed by atoms with E-state index in [2.05, 4.69) is 5.32 Å². The van der Waals surface area contributed by atoms with Gasteiger partial charge in [-0.25, -0.2) is 0 Å². The third-order valence-corrected chi connectivity index (χ3v) is 1.72. The predicted octanol–water partition coefficient (Wildman–Crippen LogP) is 1.04. The smallest absolute Gasteiger partial charge is 0.226 e. The molecule has 1 aromatic carbocycles. The summed E-state index contributed by atoms with van der Waals surface area (Å²) in [5.74, 6) is 0.110. The molecule has 0 saturated heterocycles. The van der Waals surface area contributed by atoms with Gasteiger partial charge < -0.3 is 5.32 Å². The summed E-state index contributed by atoms with van der Waals surface area (Å²) in [5.41, 5.74) is 0.152. The van der Waals surface area contributed by atoms with Crippen LogP contribution in [0.25, 0.3) is 5.32 Å². The Morgan fingerprint density at radius 1 is 1.17 bits per heavy atom.